The Kier molecular flexibility index (Phi) is 4.21. The third-order valence-corrected chi connectivity index (χ3v) is 4.69. The monoisotopic (exact) mass is 299 g/mol. The molecule has 1 fully saturated rings. The highest BCUT2D eigenvalue weighted by Crippen LogP contribution is 2.27. The number of hydrogen-bond acceptors (Lipinski definition) is 4. The number of aromatic nitrogens is 1. The summed E-state index contributed by atoms with van der Waals surface area (Å²) in [5, 5.41) is 3.70. The third-order valence-electron chi connectivity index (χ3n) is 4.69. The highest BCUT2D eigenvalue weighted by Gasteiger charge is 2.28. The summed E-state index contributed by atoms with van der Waals surface area (Å²) in [6, 6.07) is 9.46. The van der Waals surface area contributed by atoms with Crippen LogP contribution in [0.15, 0.2) is 34.9 Å². The molecule has 0 amide bonds. The zero-order valence-corrected chi connectivity index (χ0v) is 13.8. The van der Waals surface area contributed by atoms with Gasteiger partial charge in [0.25, 0.3) is 0 Å². The van der Waals surface area contributed by atoms with E-state index in [0.717, 1.165) is 23.5 Å². The first-order chi connectivity index (χ1) is 10.5. The maximum Gasteiger partial charge on any atom is 0.226 e. The van der Waals surface area contributed by atoms with E-state index in [4.69, 9.17) is 4.42 Å². The van der Waals surface area contributed by atoms with Gasteiger partial charge in [0.15, 0.2) is 0 Å². The first-order valence-corrected chi connectivity index (χ1v) is 8.02. The predicted octanol–water partition coefficient (Wildman–Crippen LogP) is 3.79. The molecule has 1 aliphatic heterocycles. The van der Waals surface area contributed by atoms with E-state index in [1.807, 2.05) is 13.0 Å². The lowest BCUT2D eigenvalue weighted by Crippen LogP contribution is -2.48. The molecule has 1 aromatic heterocycles. The molecule has 22 heavy (non-hydrogen) atoms. The normalized spacial score (nSPS) is 26.1. The lowest BCUT2D eigenvalue weighted by atomic mass is 9.89. The van der Waals surface area contributed by atoms with Crippen molar-refractivity contribution >= 4 is 5.69 Å². The average molecular weight is 299 g/mol. The lowest BCUT2D eigenvalue weighted by Gasteiger charge is -2.40. The number of nitrogens with one attached hydrogen (secondary N) is 1. The summed E-state index contributed by atoms with van der Waals surface area (Å²) in [6.07, 6.45) is 2.86. The molecule has 1 saturated heterocycles. The van der Waals surface area contributed by atoms with Gasteiger partial charge >= 0.3 is 0 Å². The minimum Gasteiger partial charge on any atom is -0.444 e. The topological polar surface area (TPSA) is 41.3 Å². The van der Waals surface area contributed by atoms with Crippen molar-refractivity contribution in [1.29, 1.82) is 0 Å². The van der Waals surface area contributed by atoms with Crippen molar-refractivity contribution in [1.82, 2.24) is 9.88 Å². The van der Waals surface area contributed by atoms with Gasteiger partial charge in [-0.25, -0.2) is 4.98 Å². The first-order valence-electron chi connectivity index (χ1n) is 8.02. The SMILES string of the molecule is Cc1coc(-c2cccc(N[C@@H]3C[C@@H](C)N(C)C[C@H]3C)c2)n1. The number of nitrogens with zero attached hydrogens (tertiary/aromatic N) is 2. The van der Waals surface area contributed by atoms with Crippen LogP contribution in [-0.4, -0.2) is 35.6 Å². The van der Waals surface area contributed by atoms with E-state index in [9.17, 15) is 0 Å². The molecule has 1 aliphatic rings. The maximum absolute atomic E-state index is 5.50. The van der Waals surface area contributed by atoms with E-state index in [-0.39, 0.29) is 0 Å². The van der Waals surface area contributed by atoms with Crippen LogP contribution in [-0.2, 0) is 0 Å². The fourth-order valence-electron chi connectivity index (χ4n) is 3.19. The Bertz CT molecular complexity index is 637. The molecule has 4 heteroatoms. The van der Waals surface area contributed by atoms with Crippen molar-refractivity contribution < 1.29 is 4.42 Å². The Labute approximate surface area is 132 Å². The Morgan fingerprint density at radius 3 is 2.86 bits per heavy atom. The van der Waals surface area contributed by atoms with E-state index in [1.165, 1.54) is 6.42 Å². The summed E-state index contributed by atoms with van der Waals surface area (Å²) < 4.78 is 5.50. The van der Waals surface area contributed by atoms with E-state index < -0.39 is 0 Å². The Balaban J connectivity index is 1.75. The molecule has 0 radical (unpaired) electrons. The number of likely N-dealkylation sites (tertiary alicyclic amines) is 1. The van der Waals surface area contributed by atoms with Gasteiger partial charge in [-0.15, -0.1) is 0 Å². The molecule has 0 unspecified atom stereocenters. The van der Waals surface area contributed by atoms with Gasteiger partial charge in [-0.2, -0.15) is 0 Å². The standard InChI is InChI=1S/C18H25N3O/c1-12-10-21(4)14(3)8-17(12)20-16-7-5-6-15(9-16)18-19-13(2)11-22-18/h5-7,9,11-12,14,17,20H,8,10H2,1-4H3/t12-,14-,17-/m1/s1. The van der Waals surface area contributed by atoms with E-state index >= 15 is 0 Å². The molecule has 0 aliphatic carbocycles. The average Bonchev–Trinajstić information content (AvgIpc) is 2.92. The Morgan fingerprint density at radius 2 is 2.14 bits per heavy atom. The number of anilines is 1. The summed E-state index contributed by atoms with van der Waals surface area (Å²) in [5.41, 5.74) is 3.07. The molecule has 0 bridgehead atoms. The van der Waals surface area contributed by atoms with Crippen molar-refractivity contribution in [3.8, 4) is 11.5 Å². The Hall–Kier alpha value is -1.81. The van der Waals surface area contributed by atoms with Crippen LogP contribution in [0, 0.1) is 12.8 Å². The zero-order valence-electron chi connectivity index (χ0n) is 13.8. The van der Waals surface area contributed by atoms with Gasteiger partial charge in [-0.3, -0.25) is 0 Å². The van der Waals surface area contributed by atoms with Crippen molar-refractivity contribution in [2.45, 2.75) is 39.3 Å². The van der Waals surface area contributed by atoms with Crippen LogP contribution in [0.2, 0.25) is 0 Å². The van der Waals surface area contributed by atoms with Gasteiger partial charge in [0.1, 0.15) is 6.26 Å². The van der Waals surface area contributed by atoms with Crippen molar-refractivity contribution in [2.75, 3.05) is 18.9 Å². The first kappa shape index (κ1) is 15.1. The number of hydrogen-bond donors (Lipinski definition) is 1. The van der Waals surface area contributed by atoms with E-state index in [2.05, 4.69) is 54.3 Å². The molecule has 3 rings (SSSR count). The molecule has 118 valence electrons. The van der Waals surface area contributed by atoms with Crippen LogP contribution in [0.1, 0.15) is 26.0 Å². The van der Waals surface area contributed by atoms with Gasteiger partial charge in [0, 0.05) is 29.9 Å². The van der Waals surface area contributed by atoms with E-state index in [1.54, 1.807) is 6.26 Å². The molecule has 3 atom stereocenters. The smallest absolute Gasteiger partial charge is 0.226 e. The molecular formula is C18H25N3O. The van der Waals surface area contributed by atoms with Gasteiger partial charge in [-0.1, -0.05) is 13.0 Å². The maximum atomic E-state index is 5.50. The van der Waals surface area contributed by atoms with Gasteiger partial charge in [-0.05, 0) is 51.4 Å². The summed E-state index contributed by atoms with van der Waals surface area (Å²) in [4.78, 5) is 6.84. The van der Waals surface area contributed by atoms with E-state index in [0.29, 0.717) is 23.9 Å². The number of piperidine rings is 1. The second-order valence-corrected chi connectivity index (χ2v) is 6.63. The quantitative estimate of drug-likeness (QED) is 0.936. The summed E-state index contributed by atoms with van der Waals surface area (Å²) >= 11 is 0. The fourth-order valence-corrected chi connectivity index (χ4v) is 3.19. The Morgan fingerprint density at radius 1 is 1.32 bits per heavy atom. The minimum absolute atomic E-state index is 0.507. The van der Waals surface area contributed by atoms with Crippen LogP contribution >= 0.6 is 0 Å². The van der Waals surface area contributed by atoms with Gasteiger partial charge in [0.05, 0.1) is 5.69 Å². The zero-order chi connectivity index (χ0) is 15.7. The lowest BCUT2D eigenvalue weighted by molar-refractivity contribution is 0.145. The molecule has 1 aromatic carbocycles. The van der Waals surface area contributed by atoms with Crippen molar-refractivity contribution in [3.63, 3.8) is 0 Å². The van der Waals surface area contributed by atoms with Crippen molar-refractivity contribution in [3.05, 3.63) is 36.2 Å². The summed E-state index contributed by atoms with van der Waals surface area (Å²) in [7, 11) is 2.21. The van der Waals surface area contributed by atoms with Crippen LogP contribution < -0.4 is 5.32 Å². The van der Waals surface area contributed by atoms with Gasteiger partial charge < -0.3 is 14.6 Å². The highest BCUT2D eigenvalue weighted by molar-refractivity contribution is 5.61. The fraction of sp³-hybridized carbons (Fsp3) is 0.500. The van der Waals surface area contributed by atoms with Crippen molar-refractivity contribution in [2.24, 2.45) is 5.92 Å². The molecule has 0 spiro atoms. The van der Waals surface area contributed by atoms with Gasteiger partial charge in [0.2, 0.25) is 5.89 Å². The minimum atomic E-state index is 0.507. The number of rotatable bonds is 3. The molecular weight excluding hydrogens is 274 g/mol. The van der Waals surface area contributed by atoms with Crippen LogP contribution in [0.25, 0.3) is 11.5 Å². The number of benzene rings is 1. The van der Waals surface area contributed by atoms with Crippen LogP contribution in [0.3, 0.4) is 0 Å². The largest absolute Gasteiger partial charge is 0.444 e. The molecule has 4 nitrogen and oxygen atoms in total. The molecule has 2 heterocycles. The summed E-state index contributed by atoms with van der Waals surface area (Å²) in [5.74, 6) is 1.32. The number of oxazole rings is 1. The second-order valence-electron chi connectivity index (χ2n) is 6.63. The second kappa shape index (κ2) is 6.13. The highest BCUT2D eigenvalue weighted by atomic mass is 16.3. The van der Waals surface area contributed by atoms with Crippen LogP contribution in [0.5, 0.6) is 0 Å². The molecule has 1 N–H and O–H groups in total. The third kappa shape index (κ3) is 3.17. The molecule has 0 saturated carbocycles. The summed E-state index contributed by atoms with van der Waals surface area (Å²) in [6.45, 7) is 7.70. The number of aryl methyl sites for hydroxylation is 1. The predicted molar refractivity (Wildman–Crippen MR) is 90.0 cm³/mol. The molecule has 2 aromatic rings. The van der Waals surface area contributed by atoms with Crippen LogP contribution in [0.4, 0.5) is 5.69 Å².